The minimum atomic E-state index is 0.601. The number of pyridine rings is 1. The predicted octanol–water partition coefficient (Wildman–Crippen LogP) is 2.30. The smallest absolute Gasteiger partial charge is 0.128 e. The molecule has 1 aliphatic heterocycles. The van der Waals surface area contributed by atoms with Crippen molar-refractivity contribution in [2.75, 3.05) is 24.5 Å². The van der Waals surface area contributed by atoms with E-state index in [0.29, 0.717) is 6.04 Å². The van der Waals surface area contributed by atoms with Crippen LogP contribution in [-0.2, 0) is 0 Å². The van der Waals surface area contributed by atoms with Gasteiger partial charge in [-0.15, -0.1) is 0 Å². The fourth-order valence-electron chi connectivity index (χ4n) is 2.31. The molecular weight excluding hydrogens is 210 g/mol. The van der Waals surface area contributed by atoms with E-state index in [1.165, 1.54) is 12.8 Å². The minimum absolute atomic E-state index is 0.601. The molecule has 0 saturated carbocycles. The molecule has 0 aromatic carbocycles. The van der Waals surface area contributed by atoms with Gasteiger partial charge in [-0.25, -0.2) is 4.98 Å². The van der Waals surface area contributed by atoms with Crippen LogP contribution in [-0.4, -0.2) is 30.7 Å². The molecule has 0 amide bonds. The largest absolute Gasteiger partial charge is 0.357 e. The van der Waals surface area contributed by atoms with E-state index in [1.807, 2.05) is 12.3 Å². The van der Waals surface area contributed by atoms with Gasteiger partial charge < -0.3 is 10.2 Å². The van der Waals surface area contributed by atoms with Gasteiger partial charge in [-0.1, -0.05) is 19.9 Å². The summed E-state index contributed by atoms with van der Waals surface area (Å²) in [7, 11) is 0. The molecule has 17 heavy (non-hydrogen) atoms. The quantitative estimate of drug-likeness (QED) is 0.865. The Morgan fingerprint density at radius 2 is 2.12 bits per heavy atom. The van der Waals surface area contributed by atoms with Crippen molar-refractivity contribution in [2.45, 2.75) is 32.7 Å². The number of aromatic nitrogens is 1. The Bertz CT molecular complexity index is 315. The summed E-state index contributed by atoms with van der Waals surface area (Å²) >= 11 is 0. The monoisotopic (exact) mass is 233 g/mol. The number of piperidine rings is 1. The first-order chi connectivity index (χ1) is 8.25. The van der Waals surface area contributed by atoms with Gasteiger partial charge in [-0.3, -0.25) is 0 Å². The number of hydrogen-bond acceptors (Lipinski definition) is 3. The molecule has 0 bridgehead atoms. The van der Waals surface area contributed by atoms with Crippen molar-refractivity contribution in [1.29, 1.82) is 0 Å². The van der Waals surface area contributed by atoms with E-state index in [-0.39, 0.29) is 0 Å². The maximum absolute atomic E-state index is 4.41. The lowest BCUT2D eigenvalue weighted by molar-refractivity contribution is 0.370. The lowest BCUT2D eigenvalue weighted by Crippen LogP contribution is -2.39. The van der Waals surface area contributed by atoms with Gasteiger partial charge in [-0.2, -0.15) is 0 Å². The van der Waals surface area contributed by atoms with Crippen molar-refractivity contribution in [2.24, 2.45) is 5.92 Å². The van der Waals surface area contributed by atoms with E-state index in [2.05, 4.69) is 41.2 Å². The molecule has 0 aliphatic carbocycles. The molecular formula is C14H23N3. The summed E-state index contributed by atoms with van der Waals surface area (Å²) in [5.41, 5.74) is 0. The van der Waals surface area contributed by atoms with Gasteiger partial charge in [0, 0.05) is 25.3 Å². The first kappa shape index (κ1) is 12.4. The maximum atomic E-state index is 4.41. The third kappa shape index (κ3) is 3.70. The molecule has 0 spiro atoms. The molecule has 94 valence electrons. The number of anilines is 1. The highest BCUT2D eigenvalue weighted by Gasteiger charge is 2.19. The molecule has 1 saturated heterocycles. The van der Waals surface area contributed by atoms with Crippen LogP contribution < -0.4 is 10.2 Å². The second kappa shape index (κ2) is 6.01. The summed E-state index contributed by atoms with van der Waals surface area (Å²) in [6.07, 6.45) is 4.42. The van der Waals surface area contributed by atoms with E-state index in [4.69, 9.17) is 0 Å². The van der Waals surface area contributed by atoms with Crippen LogP contribution in [0.1, 0.15) is 26.7 Å². The zero-order valence-electron chi connectivity index (χ0n) is 10.9. The molecule has 1 aliphatic rings. The highest BCUT2D eigenvalue weighted by molar-refractivity contribution is 5.37. The van der Waals surface area contributed by atoms with Crippen molar-refractivity contribution in [3.8, 4) is 0 Å². The standard InChI is InChI=1S/C14H23N3/c1-12(2)16-11-13-6-9-17(10-7-13)14-5-3-4-8-15-14/h3-5,8,12-13,16H,6-7,9-11H2,1-2H3. The summed E-state index contributed by atoms with van der Waals surface area (Å²) in [5, 5.41) is 3.54. The van der Waals surface area contributed by atoms with Gasteiger partial charge in [-0.05, 0) is 37.4 Å². The number of hydrogen-bond donors (Lipinski definition) is 1. The molecule has 0 radical (unpaired) electrons. The summed E-state index contributed by atoms with van der Waals surface area (Å²) in [6.45, 7) is 7.86. The maximum Gasteiger partial charge on any atom is 0.128 e. The van der Waals surface area contributed by atoms with Crippen LogP contribution in [0.15, 0.2) is 24.4 Å². The Morgan fingerprint density at radius 3 is 2.71 bits per heavy atom. The molecule has 2 heterocycles. The van der Waals surface area contributed by atoms with Gasteiger partial charge in [0.15, 0.2) is 0 Å². The van der Waals surface area contributed by atoms with Crippen LogP contribution in [0.25, 0.3) is 0 Å². The molecule has 2 rings (SSSR count). The summed E-state index contributed by atoms with van der Waals surface area (Å²) in [4.78, 5) is 6.81. The molecule has 0 atom stereocenters. The highest BCUT2D eigenvalue weighted by atomic mass is 15.2. The average molecular weight is 233 g/mol. The Hall–Kier alpha value is -1.09. The Kier molecular flexibility index (Phi) is 4.37. The van der Waals surface area contributed by atoms with E-state index in [9.17, 15) is 0 Å². The second-order valence-electron chi connectivity index (χ2n) is 5.18. The fraction of sp³-hybridized carbons (Fsp3) is 0.643. The average Bonchev–Trinajstić information content (AvgIpc) is 2.38. The van der Waals surface area contributed by atoms with Crippen molar-refractivity contribution < 1.29 is 0 Å². The van der Waals surface area contributed by atoms with Crippen LogP contribution in [0.2, 0.25) is 0 Å². The highest BCUT2D eigenvalue weighted by Crippen LogP contribution is 2.20. The number of rotatable bonds is 4. The normalized spacial score (nSPS) is 17.7. The van der Waals surface area contributed by atoms with Crippen molar-refractivity contribution in [3.63, 3.8) is 0 Å². The SMILES string of the molecule is CC(C)NCC1CCN(c2ccccn2)CC1. The second-order valence-corrected chi connectivity index (χ2v) is 5.18. The van der Waals surface area contributed by atoms with Crippen LogP contribution in [0.4, 0.5) is 5.82 Å². The van der Waals surface area contributed by atoms with Gasteiger partial charge >= 0.3 is 0 Å². The van der Waals surface area contributed by atoms with Crippen molar-refractivity contribution in [3.05, 3.63) is 24.4 Å². The zero-order valence-corrected chi connectivity index (χ0v) is 10.9. The fourth-order valence-corrected chi connectivity index (χ4v) is 2.31. The molecule has 1 N–H and O–H groups in total. The van der Waals surface area contributed by atoms with Gasteiger partial charge in [0.25, 0.3) is 0 Å². The Labute approximate surface area is 104 Å². The summed E-state index contributed by atoms with van der Waals surface area (Å²) < 4.78 is 0. The third-order valence-corrected chi connectivity index (χ3v) is 3.40. The third-order valence-electron chi connectivity index (χ3n) is 3.40. The molecule has 1 aromatic rings. The number of nitrogens with one attached hydrogen (secondary N) is 1. The van der Waals surface area contributed by atoms with E-state index in [0.717, 1.165) is 31.4 Å². The Morgan fingerprint density at radius 1 is 1.35 bits per heavy atom. The van der Waals surface area contributed by atoms with Crippen LogP contribution >= 0.6 is 0 Å². The van der Waals surface area contributed by atoms with E-state index in [1.54, 1.807) is 0 Å². The molecule has 3 heteroatoms. The summed E-state index contributed by atoms with van der Waals surface area (Å²) in [5.74, 6) is 1.96. The first-order valence-electron chi connectivity index (χ1n) is 6.65. The lowest BCUT2D eigenvalue weighted by atomic mass is 9.96. The molecule has 3 nitrogen and oxygen atoms in total. The predicted molar refractivity (Wildman–Crippen MR) is 72.3 cm³/mol. The molecule has 1 aromatic heterocycles. The van der Waals surface area contributed by atoms with Gasteiger partial charge in [0.1, 0.15) is 5.82 Å². The minimum Gasteiger partial charge on any atom is -0.357 e. The van der Waals surface area contributed by atoms with E-state index < -0.39 is 0 Å². The van der Waals surface area contributed by atoms with Crippen LogP contribution in [0.3, 0.4) is 0 Å². The van der Waals surface area contributed by atoms with Gasteiger partial charge in [0.05, 0.1) is 0 Å². The van der Waals surface area contributed by atoms with Crippen molar-refractivity contribution >= 4 is 5.82 Å². The van der Waals surface area contributed by atoms with Crippen molar-refractivity contribution in [1.82, 2.24) is 10.3 Å². The Balaban J connectivity index is 1.78. The summed E-state index contributed by atoms with van der Waals surface area (Å²) in [6, 6.07) is 6.74. The first-order valence-corrected chi connectivity index (χ1v) is 6.65. The van der Waals surface area contributed by atoms with Crippen LogP contribution in [0.5, 0.6) is 0 Å². The lowest BCUT2D eigenvalue weighted by Gasteiger charge is -2.33. The number of nitrogens with zero attached hydrogens (tertiary/aromatic N) is 2. The van der Waals surface area contributed by atoms with E-state index >= 15 is 0 Å². The topological polar surface area (TPSA) is 28.2 Å². The van der Waals surface area contributed by atoms with Crippen LogP contribution in [0, 0.1) is 5.92 Å². The molecule has 0 unspecified atom stereocenters. The molecule has 1 fully saturated rings. The van der Waals surface area contributed by atoms with Gasteiger partial charge in [0.2, 0.25) is 0 Å². The zero-order chi connectivity index (χ0) is 12.1.